The van der Waals surface area contributed by atoms with Gasteiger partial charge in [-0.1, -0.05) is 30.8 Å². The van der Waals surface area contributed by atoms with Gasteiger partial charge in [0.25, 0.3) is 0 Å². The third-order valence-electron chi connectivity index (χ3n) is 3.97. The predicted octanol–water partition coefficient (Wildman–Crippen LogP) is 3.52. The Labute approximate surface area is 121 Å². The molecular formula is C15H17F2N3O. The van der Waals surface area contributed by atoms with Crippen molar-refractivity contribution in [2.45, 2.75) is 44.1 Å². The lowest BCUT2D eigenvalue weighted by molar-refractivity contribution is 0.257. The van der Waals surface area contributed by atoms with E-state index >= 15 is 0 Å². The van der Waals surface area contributed by atoms with Crippen molar-refractivity contribution in [3.63, 3.8) is 0 Å². The van der Waals surface area contributed by atoms with Gasteiger partial charge in [0.1, 0.15) is 11.6 Å². The molecule has 1 saturated carbocycles. The fraction of sp³-hybridized carbons (Fsp3) is 0.467. The molecule has 0 aliphatic heterocycles. The first-order valence-corrected chi connectivity index (χ1v) is 7.16. The summed E-state index contributed by atoms with van der Waals surface area (Å²) in [5, 5.41) is 3.82. The van der Waals surface area contributed by atoms with E-state index in [1.54, 1.807) is 0 Å². The van der Waals surface area contributed by atoms with Crippen LogP contribution in [0.2, 0.25) is 0 Å². The number of nitrogens with two attached hydrogens (primary N) is 1. The van der Waals surface area contributed by atoms with Crippen LogP contribution in [0.15, 0.2) is 22.7 Å². The molecule has 0 bridgehead atoms. The molecular weight excluding hydrogens is 276 g/mol. The molecule has 1 fully saturated rings. The summed E-state index contributed by atoms with van der Waals surface area (Å²) in [7, 11) is 0. The molecule has 1 aromatic heterocycles. The summed E-state index contributed by atoms with van der Waals surface area (Å²) >= 11 is 0. The fourth-order valence-corrected chi connectivity index (χ4v) is 2.80. The van der Waals surface area contributed by atoms with Crippen molar-refractivity contribution < 1.29 is 13.3 Å². The molecule has 6 heteroatoms. The lowest BCUT2D eigenvalue weighted by atomic mass is 9.91. The van der Waals surface area contributed by atoms with Gasteiger partial charge in [-0.3, -0.25) is 0 Å². The smallest absolute Gasteiger partial charge is 0.247 e. The molecule has 0 radical (unpaired) electrons. The summed E-state index contributed by atoms with van der Waals surface area (Å²) in [5.74, 6) is -0.830. The largest absolute Gasteiger partial charge is 0.337 e. The lowest BCUT2D eigenvalue weighted by Crippen LogP contribution is -2.36. The number of benzene rings is 1. The minimum atomic E-state index is -0.673. The minimum Gasteiger partial charge on any atom is -0.337 e. The van der Waals surface area contributed by atoms with Gasteiger partial charge in [-0.25, -0.2) is 8.78 Å². The topological polar surface area (TPSA) is 64.9 Å². The molecule has 0 unspecified atom stereocenters. The number of nitrogens with zero attached hydrogens (tertiary/aromatic N) is 2. The average molecular weight is 293 g/mol. The van der Waals surface area contributed by atoms with Crippen molar-refractivity contribution in [3.8, 4) is 11.4 Å². The second-order valence-electron chi connectivity index (χ2n) is 5.65. The van der Waals surface area contributed by atoms with Crippen molar-refractivity contribution in [1.29, 1.82) is 0 Å². The molecule has 2 N–H and O–H groups in total. The van der Waals surface area contributed by atoms with Gasteiger partial charge in [0.15, 0.2) is 0 Å². The number of hydrogen-bond donors (Lipinski definition) is 1. The van der Waals surface area contributed by atoms with Crippen LogP contribution in [0.1, 0.15) is 44.4 Å². The zero-order valence-electron chi connectivity index (χ0n) is 11.6. The van der Waals surface area contributed by atoms with Gasteiger partial charge in [0.05, 0.1) is 5.54 Å². The maximum Gasteiger partial charge on any atom is 0.247 e. The highest BCUT2D eigenvalue weighted by molar-refractivity contribution is 5.54. The van der Waals surface area contributed by atoms with Crippen LogP contribution in [0, 0.1) is 11.6 Å². The minimum absolute atomic E-state index is 0.164. The number of rotatable bonds is 2. The number of halogens is 2. The van der Waals surface area contributed by atoms with Gasteiger partial charge in [-0.05, 0) is 25.0 Å². The quantitative estimate of drug-likeness (QED) is 0.860. The third kappa shape index (κ3) is 2.95. The third-order valence-corrected chi connectivity index (χ3v) is 3.97. The van der Waals surface area contributed by atoms with Crippen LogP contribution in [0.3, 0.4) is 0 Å². The summed E-state index contributed by atoms with van der Waals surface area (Å²) in [5.41, 5.74) is 6.01. The highest BCUT2D eigenvalue weighted by atomic mass is 19.1. The standard InChI is InChI=1S/C15H17F2N3O/c16-11-7-10(8-12(17)9-11)13-19-14(21-20-13)15(18)5-3-1-2-4-6-15/h7-9H,1-6,18H2. The first kappa shape index (κ1) is 14.1. The Morgan fingerprint density at radius 3 is 2.24 bits per heavy atom. The zero-order valence-corrected chi connectivity index (χ0v) is 11.6. The summed E-state index contributed by atoms with van der Waals surface area (Å²) in [6.07, 6.45) is 5.90. The Balaban J connectivity index is 1.92. The van der Waals surface area contributed by atoms with Crippen molar-refractivity contribution in [1.82, 2.24) is 10.1 Å². The molecule has 0 atom stereocenters. The van der Waals surface area contributed by atoms with E-state index in [0.717, 1.165) is 44.6 Å². The van der Waals surface area contributed by atoms with Crippen LogP contribution in [-0.2, 0) is 5.54 Å². The Morgan fingerprint density at radius 2 is 1.62 bits per heavy atom. The number of hydrogen-bond acceptors (Lipinski definition) is 4. The Morgan fingerprint density at radius 1 is 1.00 bits per heavy atom. The van der Waals surface area contributed by atoms with E-state index < -0.39 is 17.2 Å². The van der Waals surface area contributed by atoms with Crippen LogP contribution < -0.4 is 5.73 Å². The monoisotopic (exact) mass is 293 g/mol. The van der Waals surface area contributed by atoms with E-state index in [-0.39, 0.29) is 11.4 Å². The van der Waals surface area contributed by atoms with Gasteiger partial charge in [-0.2, -0.15) is 4.98 Å². The summed E-state index contributed by atoms with van der Waals surface area (Å²) < 4.78 is 31.8. The van der Waals surface area contributed by atoms with E-state index in [1.807, 2.05) is 0 Å². The highest BCUT2D eigenvalue weighted by Gasteiger charge is 2.34. The van der Waals surface area contributed by atoms with Crippen LogP contribution in [0.5, 0.6) is 0 Å². The summed E-state index contributed by atoms with van der Waals surface area (Å²) in [6, 6.07) is 3.15. The lowest BCUT2D eigenvalue weighted by Gasteiger charge is -2.22. The van der Waals surface area contributed by atoms with E-state index in [2.05, 4.69) is 10.1 Å². The maximum atomic E-state index is 13.3. The molecule has 0 spiro atoms. The summed E-state index contributed by atoms with van der Waals surface area (Å²) in [6.45, 7) is 0. The second-order valence-corrected chi connectivity index (χ2v) is 5.65. The SMILES string of the molecule is NC1(c2nc(-c3cc(F)cc(F)c3)no2)CCCCCC1. The predicted molar refractivity (Wildman–Crippen MR) is 73.2 cm³/mol. The molecule has 1 heterocycles. The molecule has 21 heavy (non-hydrogen) atoms. The first-order valence-electron chi connectivity index (χ1n) is 7.16. The van der Waals surface area contributed by atoms with Gasteiger partial charge in [0.2, 0.25) is 11.7 Å². The molecule has 112 valence electrons. The van der Waals surface area contributed by atoms with Gasteiger partial charge in [-0.15, -0.1) is 0 Å². The Kier molecular flexibility index (Phi) is 3.71. The molecule has 3 rings (SSSR count). The molecule has 1 aliphatic carbocycles. The van der Waals surface area contributed by atoms with Crippen LogP contribution in [0.4, 0.5) is 8.78 Å². The van der Waals surface area contributed by atoms with E-state index in [1.165, 1.54) is 12.1 Å². The van der Waals surface area contributed by atoms with E-state index in [9.17, 15) is 8.78 Å². The number of aromatic nitrogens is 2. The normalized spacial score (nSPS) is 18.4. The van der Waals surface area contributed by atoms with Gasteiger partial charge < -0.3 is 10.3 Å². The molecule has 0 saturated heterocycles. The first-order chi connectivity index (χ1) is 10.1. The van der Waals surface area contributed by atoms with Crippen molar-refractivity contribution >= 4 is 0 Å². The second kappa shape index (κ2) is 5.52. The molecule has 4 nitrogen and oxygen atoms in total. The van der Waals surface area contributed by atoms with Crippen molar-refractivity contribution in [2.24, 2.45) is 5.73 Å². The Bertz CT molecular complexity index is 613. The average Bonchev–Trinajstić information content (AvgIpc) is 2.83. The van der Waals surface area contributed by atoms with Crippen LogP contribution in [-0.4, -0.2) is 10.1 Å². The molecule has 1 aliphatic rings. The molecule has 0 amide bonds. The molecule has 2 aromatic rings. The van der Waals surface area contributed by atoms with Crippen molar-refractivity contribution in [2.75, 3.05) is 0 Å². The van der Waals surface area contributed by atoms with Crippen molar-refractivity contribution in [3.05, 3.63) is 35.7 Å². The van der Waals surface area contributed by atoms with Crippen LogP contribution >= 0.6 is 0 Å². The summed E-state index contributed by atoms with van der Waals surface area (Å²) in [4.78, 5) is 4.26. The van der Waals surface area contributed by atoms with E-state index in [0.29, 0.717) is 5.89 Å². The maximum absolute atomic E-state index is 13.3. The van der Waals surface area contributed by atoms with E-state index in [4.69, 9.17) is 10.3 Å². The molecule has 1 aromatic carbocycles. The highest BCUT2D eigenvalue weighted by Crippen LogP contribution is 2.33. The van der Waals surface area contributed by atoms with Crippen LogP contribution in [0.25, 0.3) is 11.4 Å². The van der Waals surface area contributed by atoms with Gasteiger partial charge in [0, 0.05) is 11.6 Å². The fourth-order valence-electron chi connectivity index (χ4n) is 2.80. The zero-order chi connectivity index (χ0) is 14.9. The van der Waals surface area contributed by atoms with Gasteiger partial charge >= 0.3 is 0 Å². The Hall–Kier alpha value is -1.82.